The monoisotopic (exact) mass is 187 g/mol. The van der Waals surface area contributed by atoms with Crippen molar-refractivity contribution in [2.24, 2.45) is 5.92 Å². The summed E-state index contributed by atoms with van der Waals surface area (Å²) in [5, 5.41) is 3.39. The van der Waals surface area contributed by atoms with Gasteiger partial charge in [0.1, 0.15) is 5.54 Å². The van der Waals surface area contributed by atoms with Crippen LogP contribution >= 0.6 is 0 Å². The predicted molar refractivity (Wildman–Crippen MR) is 53.9 cm³/mol. The van der Waals surface area contributed by atoms with Crippen LogP contribution in [0, 0.1) is 5.92 Å². The Morgan fingerprint density at radius 2 is 2.07 bits per heavy atom. The minimum Gasteiger partial charge on any atom is -0.301 e. The van der Waals surface area contributed by atoms with E-state index < -0.39 is 0 Å². The molecule has 1 aromatic carbocycles. The van der Waals surface area contributed by atoms with Crippen molar-refractivity contribution in [3.05, 3.63) is 35.9 Å². The Kier molecular flexibility index (Phi) is 1.56. The van der Waals surface area contributed by atoms with E-state index in [9.17, 15) is 4.79 Å². The van der Waals surface area contributed by atoms with Crippen molar-refractivity contribution in [2.45, 2.75) is 18.4 Å². The molecule has 1 aliphatic carbocycles. The smallest absolute Gasteiger partial charge is 0.157 e. The van der Waals surface area contributed by atoms with Gasteiger partial charge in [-0.15, -0.1) is 0 Å². The zero-order chi connectivity index (χ0) is 9.60. The highest BCUT2D eigenvalue weighted by Gasteiger charge is 2.52. The van der Waals surface area contributed by atoms with Gasteiger partial charge in [0.05, 0.1) is 0 Å². The van der Waals surface area contributed by atoms with Gasteiger partial charge in [-0.1, -0.05) is 30.3 Å². The summed E-state index contributed by atoms with van der Waals surface area (Å²) in [6.45, 7) is 1.00. The maximum absolute atomic E-state index is 11.9. The summed E-state index contributed by atoms with van der Waals surface area (Å²) in [4.78, 5) is 11.9. The molecule has 72 valence electrons. The fourth-order valence-corrected chi connectivity index (χ4v) is 2.79. The van der Waals surface area contributed by atoms with Crippen molar-refractivity contribution in [1.29, 1.82) is 0 Å². The minimum atomic E-state index is -0.327. The van der Waals surface area contributed by atoms with Crippen LogP contribution in [0.2, 0.25) is 0 Å². The molecule has 2 heteroatoms. The Bertz CT molecular complexity index is 373. The van der Waals surface area contributed by atoms with E-state index in [-0.39, 0.29) is 5.54 Å². The minimum absolute atomic E-state index is 0.327. The van der Waals surface area contributed by atoms with Crippen LogP contribution < -0.4 is 5.32 Å². The quantitative estimate of drug-likeness (QED) is 0.721. The van der Waals surface area contributed by atoms with Crippen molar-refractivity contribution >= 4 is 5.78 Å². The molecule has 2 bridgehead atoms. The van der Waals surface area contributed by atoms with Crippen molar-refractivity contribution in [1.82, 2.24) is 5.32 Å². The molecule has 2 aliphatic rings. The molecule has 2 fully saturated rings. The van der Waals surface area contributed by atoms with E-state index in [2.05, 4.69) is 17.4 Å². The largest absolute Gasteiger partial charge is 0.301 e. The van der Waals surface area contributed by atoms with E-state index in [4.69, 9.17) is 0 Å². The van der Waals surface area contributed by atoms with E-state index in [1.165, 1.54) is 0 Å². The van der Waals surface area contributed by atoms with Gasteiger partial charge in [-0.05, 0) is 24.4 Å². The first kappa shape index (κ1) is 8.18. The number of carbonyl (C=O) groups is 1. The third-order valence-electron chi connectivity index (χ3n) is 3.50. The highest BCUT2D eigenvalue weighted by Crippen LogP contribution is 2.43. The molecule has 0 spiro atoms. The summed E-state index contributed by atoms with van der Waals surface area (Å²) in [6.07, 6.45) is 1.76. The highest BCUT2D eigenvalue weighted by molar-refractivity contribution is 5.93. The number of carbonyl (C=O) groups excluding carboxylic acids is 1. The van der Waals surface area contributed by atoms with Crippen LogP contribution in [0.5, 0.6) is 0 Å². The number of benzene rings is 1. The molecule has 2 unspecified atom stereocenters. The van der Waals surface area contributed by atoms with E-state index in [0.29, 0.717) is 11.7 Å². The second-order valence-electron chi connectivity index (χ2n) is 4.35. The van der Waals surface area contributed by atoms with Crippen molar-refractivity contribution in [3.63, 3.8) is 0 Å². The fraction of sp³-hybridized carbons (Fsp3) is 0.417. The molecular formula is C12H13NO. The molecule has 2 nitrogen and oxygen atoms in total. The Morgan fingerprint density at radius 1 is 1.29 bits per heavy atom. The Hall–Kier alpha value is -1.15. The van der Waals surface area contributed by atoms with Crippen LogP contribution in [0.4, 0.5) is 0 Å². The van der Waals surface area contributed by atoms with E-state index in [1.807, 2.05) is 18.2 Å². The number of nitrogens with one attached hydrogen (secondary N) is 1. The summed E-state index contributed by atoms with van der Waals surface area (Å²) in [5.41, 5.74) is 0.816. The molecule has 3 rings (SSSR count). The lowest BCUT2D eigenvalue weighted by molar-refractivity contribution is -0.124. The summed E-state index contributed by atoms with van der Waals surface area (Å²) in [6, 6.07) is 10.1. The Labute approximate surface area is 83.3 Å². The first-order valence-electron chi connectivity index (χ1n) is 5.15. The average Bonchev–Trinajstić information content (AvgIpc) is 2.77. The topological polar surface area (TPSA) is 29.1 Å². The maximum Gasteiger partial charge on any atom is 0.157 e. The van der Waals surface area contributed by atoms with Gasteiger partial charge in [0.15, 0.2) is 5.78 Å². The SMILES string of the molecule is O=C1CC2CNC1(c1ccccc1)C2. The molecule has 1 N–H and O–H groups in total. The molecule has 0 aromatic heterocycles. The van der Waals surface area contributed by atoms with Crippen molar-refractivity contribution in [3.8, 4) is 0 Å². The molecule has 1 aliphatic heterocycles. The number of ketones is 1. The Balaban J connectivity index is 2.08. The molecule has 0 amide bonds. The van der Waals surface area contributed by atoms with E-state index in [1.54, 1.807) is 0 Å². The molecular weight excluding hydrogens is 174 g/mol. The van der Waals surface area contributed by atoms with Gasteiger partial charge in [-0.3, -0.25) is 4.79 Å². The van der Waals surface area contributed by atoms with Crippen LogP contribution in [0.25, 0.3) is 0 Å². The lowest BCUT2D eigenvalue weighted by atomic mass is 9.88. The summed E-state index contributed by atoms with van der Waals surface area (Å²) >= 11 is 0. The fourth-order valence-electron chi connectivity index (χ4n) is 2.79. The van der Waals surface area contributed by atoms with Crippen molar-refractivity contribution < 1.29 is 4.79 Å². The normalized spacial score (nSPS) is 35.1. The number of fused-ring (bicyclic) bond motifs is 2. The van der Waals surface area contributed by atoms with Crippen LogP contribution in [0.1, 0.15) is 18.4 Å². The van der Waals surface area contributed by atoms with E-state index >= 15 is 0 Å². The van der Waals surface area contributed by atoms with Gasteiger partial charge >= 0.3 is 0 Å². The number of hydrogen-bond acceptors (Lipinski definition) is 2. The van der Waals surface area contributed by atoms with Gasteiger partial charge in [0, 0.05) is 6.42 Å². The van der Waals surface area contributed by atoms with Crippen LogP contribution in [0.15, 0.2) is 30.3 Å². The molecule has 0 radical (unpaired) electrons. The molecule has 1 saturated carbocycles. The van der Waals surface area contributed by atoms with E-state index in [0.717, 1.165) is 24.9 Å². The molecule has 1 heterocycles. The van der Waals surface area contributed by atoms with Crippen LogP contribution in [-0.4, -0.2) is 12.3 Å². The first-order chi connectivity index (χ1) is 6.81. The third kappa shape index (κ3) is 0.919. The Morgan fingerprint density at radius 3 is 2.64 bits per heavy atom. The van der Waals surface area contributed by atoms with Crippen molar-refractivity contribution in [2.75, 3.05) is 6.54 Å². The lowest BCUT2D eigenvalue weighted by Gasteiger charge is -2.26. The lowest BCUT2D eigenvalue weighted by Crippen LogP contribution is -2.44. The molecule has 1 aromatic rings. The second-order valence-corrected chi connectivity index (χ2v) is 4.35. The number of hydrogen-bond donors (Lipinski definition) is 1. The van der Waals surface area contributed by atoms with Crippen LogP contribution in [-0.2, 0) is 10.3 Å². The number of Topliss-reactive ketones (excluding diaryl/α,β-unsaturated/α-hetero) is 1. The highest BCUT2D eigenvalue weighted by atomic mass is 16.1. The number of rotatable bonds is 1. The molecule has 14 heavy (non-hydrogen) atoms. The summed E-state index contributed by atoms with van der Waals surface area (Å²) in [5.74, 6) is 0.947. The standard InChI is InChI=1S/C12H13NO/c14-11-6-9-7-12(11,13-8-9)10-4-2-1-3-5-10/h1-5,9,13H,6-8H2. The zero-order valence-electron chi connectivity index (χ0n) is 7.99. The number of piperidine rings is 1. The zero-order valence-corrected chi connectivity index (χ0v) is 7.99. The van der Waals surface area contributed by atoms with Gasteiger partial charge in [-0.25, -0.2) is 0 Å². The average molecular weight is 187 g/mol. The third-order valence-corrected chi connectivity index (χ3v) is 3.50. The van der Waals surface area contributed by atoms with Gasteiger partial charge in [0.25, 0.3) is 0 Å². The van der Waals surface area contributed by atoms with Crippen LogP contribution in [0.3, 0.4) is 0 Å². The van der Waals surface area contributed by atoms with Gasteiger partial charge < -0.3 is 5.32 Å². The van der Waals surface area contributed by atoms with Gasteiger partial charge in [0.2, 0.25) is 0 Å². The predicted octanol–water partition coefficient (Wildman–Crippen LogP) is 1.46. The molecule has 1 saturated heterocycles. The summed E-state index contributed by atoms with van der Waals surface area (Å²) < 4.78 is 0. The maximum atomic E-state index is 11.9. The first-order valence-corrected chi connectivity index (χ1v) is 5.15. The van der Waals surface area contributed by atoms with Gasteiger partial charge in [-0.2, -0.15) is 0 Å². The molecule has 2 atom stereocenters. The second kappa shape index (κ2) is 2.67. The summed E-state index contributed by atoms with van der Waals surface area (Å²) in [7, 11) is 0.